The average Bonchev–Trinajstić information content (AvgIpc) is 2.41. The Morgan fingerprint density at radius 1 is 1.19 bits per heavy atom. The second kappa shape index (κ2) is 6.49. The third-order valence-corrected chi connectivity index (χ3v) is 3.10. The van der Waals surface area contributed by atoms with Gasteiger partial charge in [-0.2, -0.15) is 5.10 Å². The minimum atomic E-state index is -0.446. The van der Waals surface area contributed by atoms with Gasteiger partial charge in [0.1, 0.15) is 0 Å². The summed E-state index contributed by atoms with van der Waals surface area (Å²) in [4.78, 5) is 0. The van der Waals surface area contributed by atoms with Crippen molar-refractivity contribution in [3.05, 3.63) is 46.3 Å². The van der Waals surface area contributed by atoms with E-state index in [1.54, 1.807) is 24.3 Å². The van der Waals surface area contributed by atoms with Crippen molar-refractivity contribution < 1.29 is 9.13 Å². The highest BCUT2D eigenvalue weighted by Gasteiger charge is 2.10. The number of benzene rings is 1. The van der Waals surface area contributed by atoms with Gasteiger partial charge in [0.15, 0.2) is 11.6 Å². The van der Waals surface area contributed by atoms with Crippen LogP contribution in [0.4, 0.5) is 4.39 Å². The van der Waals surface area contributed by atoms with Gasteiger partial charge in [-0.15, -0.1) is 5.10 Å². The van der Waals surface area contributed by atoms with Crippen LogP contribution in [0.25, 0.3) is 0 Å². The van der Waals surface area contributed by atoms with Gasteiger partial charge >= 0.3 is 0 Å². The van der Waals surface area contributed by atoms with E-state index < -0.39 is 5.82 Å². The zero-order valence-corrected chi connectivity index (χ0v) is 13.7. The highest BCUT2D eigenvalue weighted by molar-refractivity contribution is 9.10. The number of nitrogens with one attached hydrogen (secondary N) is 1. The maximum Gasteiger partial charge on any atom is 0.239 e. The normalized spacial score (nSPS) is 11.5. The van der Waals surface area contributed by atoms with Crippen molar-refractivity contribution in [3.63, 3.8) is 0 Å². The molecule has 1 aromatic carbocycles. The lowest BCUT2D eigenvalue weighted by Crippen LogP contribution is -2.35. The van der Waals surface area contributed by atoms with Crippen molar-refractivity contribution in [1.82, 2.24) is 15.5 Å². The van der Waals surface area contributed by atoms with E-state index in [2.05, 4.69) is 52.2 Å². The summed E-state index contributed by atoms with van der Waals surface area (Å²) in [6.07, 6.45) is 0. The molecule has 0 aliphatic rings. The monoisotopic (exact) mass is 353 g/mol. The highest BCUT2D eigenvalue weighted by atomic mass is 79.9. The van der Waals surface area contributed by atoms with E-state index in [1.165, 1.54) is 6.07 Å². The van der Waals surface area contributed by atoms with Crippen LogP contribution in [0.15, 0.2) is 34.8 Å². The third kappa shape index (κ3) is 5.06. The van der Waals surface area contributed by atoms with Crippen LogP contribution in [0.1, 0.15) is 26.5 Å². The lowest BCUT2D eigenvalue weighted by atomic mass is 10.1. The Hall–Kier alpha value is -1.53. The predicted octanol–water partition coefficient (Wildman–Crippen LogP) is 4.06. The van der Waals surface area contributed by atoms with E-state index in [4.69, 9.17) is 4.74 Å². The molecule has 0 aliphatic carbocycles. The third-order valence-electron chi connectivity index (χ3n) is 2.60. The van der Waals surface area contributed by atoms with Gasteiger partial charge in [0, 0.05) is 22.6 Å². The van der Waals surface area contributed by atoms with Crippen molar-refractivity contribution in [2.24, 2.45) is 0 Å². The summed E-state index contributed by atoms with van der Waals surface area (Å²) in [6, 6.07) is 7.96. The fraction of sp³-hybridized carbons (Fsp3) is 0.333. The Balaban J connectivity index is 2.04. The first-order valence-corrected chi connectivity index (χ1v) is 7.33. The summed E-state index contributed by atoms with van der Waals surface area (Å²) in [6.45, 7) is 6.85. The van der Waals surface area contributed by atoms with Gasteiger partial charge in [-0.1, -0.05) is 15.9 Å². The Morgan fingerprint density at radius 2 is 1.95 bits per heavy atom. The molecule has 0 unspecified atom stereocenters. The molecule has 1 heterocycles. The second-order valence-electron chi connectivity index (χ2n) is 5.64. The van der Waals surface area contributed by atoms with Crippen LogP contribution in [-0.4, -0.2) is 15.7 Å². The van der Waals surface area contributed by atoms with Crippen LogP contribution in [0.2, 0.25) is 0 Å². The molecule has 1 aromatic heterocycles. The molecule has 0 fully saturated rings. The second-order valence-corrected chi connectivity index (χ2v) is 6.56. The van der Waals surface area contributed by atoms with E-state index in [1.807, 2.05) is 0 Å². The maximum atomic E-state index is 13.6. The zero-order valence-electron chi connectivity index (χ0n) is 12.2. The van der Waals surface area contributed by atoms with Crippen molar-refractivity contribution in [1.29, 1.82) is 0 Å². The maximum absolute atomic E-state index is 13.6. The first-order chi connectivity index (χ1) is 9.83. The first-order valence-electron chi connectivity index (χ1n) is 6.54. The van der Waals surface area contributed by atoms with Crippen LogP contribution in [0.5, 0.6) is 11.6 Å². The van der Waals surface area contributed by atoms with Gasteiger partial charge in [-0.25, -0.2) is 4.39 Å². The largest absolute Gasteiger partial charge is 0.434 e. The van der Waals surface area contributed by atoms with Crippen LogP contribution >= 0.6 is 15.9 Å². The van der Waals surface area contributed by atoms with Gasteiger partial charge in [0.25, 0.3) is 0 Å². The number of halogens is 2. The minimum Gasteiger partial charge on any atom is -0.434 e. The number of ether oxygens (including phenoxy) is 1. The summed E-state index contributed by atoms with van der Waals surface area (Å²) in [5.41, 5.74) is 0.808. The molecule has 0 spiro atoms. The minimum absolute atomic E-state index is 0.0102. The molecule has 0 saturated heterocycles. The van der Waals surface area contributed by atoms with Gasteiger partial charge in [0.2, 0.25) is 5.88 Å². The molecular weight excluding hydrogens is 337 g/mol. The van der Waals surface area contributed by atoms with Gasteiger partial charge in [-0.05, 0) is 45.0 Å². The standard InChI is InChI=1S/C15H17BrFN3O/c1-15(2,3)18-9-11-5-7-14(20-19-11)21-13-8-10(16)4-6-12(13)17/h4-8,18H,9H2,1-3H3. The number of hydrogen-bond donors (Lipinski definition) is 1. The fourth-order valence-corrected chi connectivity index (χ4v) is 1.86. The molecule has 0 radical (unpaired) electrons. The lowest BCUT2D eigenvalue weighted by Gasteiger charge is -2.19. The average molecular weight is 354 g/mol. The van der Waals surface area contributed by atoms with Crippen LogP contribution in [0.3, 0.4) is 0 Å². The zero-order chi connectivity index (χ0) is 15.5. The first kappa shape index (κ1) is 15.9. The van der Waals surface area contributed by atoms with E-state index in [9.17, 15) is 4.39 Å². The quantitative estimate of drug-likeness (QED) is 0.900. The Kier molecular flexibility index (Phi) is 4.90. The Morgan fingerprint density at radius 3 is 2.57 bits per heavy atom. The smallest absolute Gasteiger partial charge is 0.239 e. The van der Waals surface area contributed by atoms with Crippen LogP contribution < -0.4 is 10.1 Å². The summed E-state index contributed by atoms with van der Waals surface area (Å²) in [7, 11) is 0. The molecule has 0 aliphatic heterocycles. The molecule has 4 nitrogen and oxygen atoms in total. The predicted molar refractivity (Wildman–Crippen MR) is 82.8 cm³/mol. The van der Waals surface area contributed by atoms with Crippen molar-refractivity contribution in [3.8, 4) is 11.6 Å². The number of rotatable bonds is 4. The lowest BCUT2D eigenvalue weighted by molar-refractivity contribution is 0.410. The molecule has 1 N–H and O–H groups in total. The Bertz CT molecular complexity index is 611. The van der Waals surface area contributed by atoms with E-state index in [0.29, 0.717) is 6.54 Å². The van der Waals surface area contributed by atoms with Crippen molar-refractivity contribution in [2.75, 3.05) is 0 Å². The van der Waals surface area contributed by atoms with Gasteiger partial charge in [-0.3, -0.25) is 0 Å². The van der Waals surface area contributed by atoms with Crippen LogP contribution in [0, 0.1) is 5.82 Å². The molecule has 6 heteroatoms. The van der Waals surface area contributed by atoms with Crippen molar-refractivity contribution in [2.45, 2.75) is 32.9 Å². The molecule has 112 valence electrons. The molecule has 2 rings (SSSR count). The van der Waals surface area contributed by atoms with Gasteiger partial charge in [0.05, 0.1) is 5.69 Å². The number of hydrogen-bond acceptors (Lipinski definition) is 4. The SMILES string of the molecule is CC(C)(C)NCc1ccc(Oc2cc(Br)ccc2F)nn1. The van der Waals surface area contributed by atoms with E-state index >= 15 is 0 Å². The Labute approximate surface area is 131 Å². The van der Waals surface area contributed by atoms with Crippen molar-refractivity contribution >= 4 is 15.9 Å². The number of aromatic nitrogens is 2. The molecular formula is C15H17BrFN3O. The fourth-order valence-electron chi connectivity index (χ4n) is 1.52. The van der Waals surface area contributed by atoms with Crippen LogP contribution in [-0.2, 0) is 6.54 Å². The molecule has 0 bridgehead atoms. The number of nitrogens with zero attached hydrogens (tertiary/aromatic N) is 2. The molecule has 0 saturated carbocycles. The summed E-state index contributed by atoms with van der Waals surface area (Å²) >= 11 is 3.27. The summed E-state index contributed by atoms with van der Waals surface area (Å²) in [5, 5.41) is 11.3. The molecule has 0 amide bonds. The highest BCUT2D eigenvalue weighted by Crippen LogP contribution is 2.26. The summed E-state index contributed by atoms with van der Waals surface area (Å²) < 4.78 is 19.7. The summed E-state index contributed by atoms with van der Waals surface area (Å²) in [5.74, 6) is -0.0794. The topological polar surface area (TPSA) is 47.0 Å². The van der Waals surface area contributed by atoms with E-state index in [-0.39, 0.29) is 17.2 Å². The van der Waals surface area contributed by atoms with Gasteiger partial charge < -0.3 is 10.1 Å². The molecule has 0 atom stereocenters. The molecule has 2 aromatic rings. The molecule has 21 heavy (non-hydrogen) atoms. The van der Waals surface area contributed by atoms with E-state index in [0.717, 1.165) is 10.2 Å².